The molecule has 2 rings (SSSR count). The molecule has 0 aliphatic heterocycles. The number of hydrogen-bond acceptors (Lipinski definition) is 4. The van der Waals surface area contributed by atoms with Crippen LogP contribution in [0, 0.1) is 17.2 Å². The fourth-order valence-corrected chi connectivity index (χ4v) is 3.37. The van der Waals surface area contributed by atoms with Gasteiger partial charge in [0.05, 0.1) is 16.7 Å². The summed E-state index contributed by atoms with van der Waals surface area (Å²) in [6.45, 7) is 1.58. The third-order valence-electron chi connectivity index (χ3n) is 3.16. The number of nitrogens with one attached hydrogen (secondary N) is 1. The summed E-state index contributed by atoms with van der Waals surface area (Å²) in [6, 6.07) is 6.06. The third-order valence-corrected chi connectivity index (χ3v) is 5.10. The van der Waals surface area contributed by atoms with E-state index in [1.807, 2.05) is 6.07 Å². The van der Waals surface area contributed by atoms with Gasteiger partial charge in [0, 0.05) is 19.8 Å². The number of rotatable bonds is 8. The van der Waals surface area contributed by atoms with E-state index in [1.165, 1.54) is 31.0 Å². The maximum Gasteiger partial charge on any atom is 0.242 e. The van der Waals surface area contributed by atoms with Crippen LogP contribution in [0.15, 0.2) is 23.1 Å². The normalized spacial score (nSPS) is 14.9. The summed E-state index contributed by atoms with van der Waals surface area (Å²) in [4.78, 5) is -0.0675. The van der Waals surface area contributed by atoms with Crippen molar-refractivity contribution in [2.45, 2.75) is 24.2 Å². The van der Waals surface area contributed by atoms with Crippen molar-refractivity contribution in [1.82, 2.24) is 4.72 Å². The van der Waals surface area contributed by atoms with Gasteiger partial charge in [0.1, 0.15) is 4.90 Å². The van der Waals surface area contributed by atoms with E-state index in [9.17, 15) is 8.42 Å². The first-order valence-corrected chi connectivity index (χ1v) is 8.66. The third kappa shape index (κ3) is 4.97. The Morgan fingerprint density at radius 1 is 1.43 bits per heavy atom. The Labute approximate surface area is 129 Å². The molecule has 1 saturated carbocycles. The smallest absolute Gasteiger partial charge is 0.242 e. The second kappa shape index (κ2) is 7.23. The van der Waals surface area contributed by atoms with E-state index in [4.69, 9.17) is 21.6 Å². The van der Waals surface area contributed by atoms with Crippen molar-refractivity contribution < 1.29 is 13.2 Å². The number of nitrogens with zero attached hydrogens (tertiary/aromatic N) is 1. The van der Waals surface area contributed by atoms with Gasteiger partial charge in [-0.2, -0.15) is 5.26 Å². The van der Waals surface area contributed by atoms with Gasteiger partial charge in [-0.05, 0) is 43.4 Å². The van der Waals surface area contributed by atoms with Crippen LogP contribution in [0.3, 0.4) is 0 Å². The molecule has 21 heavy (non-hydrogen) atoms. The zero-order valence-electron chi connectivity index (χ0n) is 11.5. The molecule has 7 heteroatoms. The lowest BCUT2D eigenvalue weighted by Gasteiger charge is -2.09. The minimum Gasteiger partial charge on any atom is -0.381 e. The van der Waals surface area contributed by atoms with Crippen LogP contribution >= 0.6 is 11.6 Å². The Balaban J connectivity index is 1.84. The van der Waals surface area contributed by atoms with E-state index in [0.717, 1.165) is 6.61 Å². The lowest BCUT2D eigenvalue weighted by Crippen LogP contribution is -2.26. The molecule has 0 atom stereocenters. The lowest BCUT2D eigenvalue weighted by atomic mass is 10.2. The molecule has 0 unspecified atom stereocenters. The Kier molecular flexibility index (Phi) is 5.59. The quantitative estimate of drug-likeness (QED) is 0.743. The average Bonchev–Trinajstić information content (AvgIpc) is 3.27. The van der Waals surface area contributed by atoms with E-state index in [1.54, 1.807) is 0 Å². The fraction of sp³-hybridized carbons (Fsp3) is 0.500. The highest BCUT2D eigenvalue weighted by atomic mass is 35.5. The van der Waals surface area contributed by atoms with Crippen molar-refractivity contribution >= 4 is 21.6 Å². The average molecular weight is 329 g/mol. The first-order chi connectivity index (χ1) is 10.0. The molecular formula is C14H17ClN2O3S. The number of benzene rings is 1. The second-order valence-electron chi connectivity index (χ2n) is 5.03. The number of ether oxygens (including phenoxy) is 1. The Morgan fingerprint density at radius 3 is 2.86 bits per heavy atom. The highest BCUT2D eigenvalue weighted by Crippen LogP contribution is 2.28. The van der Waals surface area contributed by atoms with Gasteiger partial charge in [0.15, 0.2) is 0 Å². The van der Waals surface area contributed by atoms with Crippen LogP contribution in [0.2, 0.25) is 5.02 Å². The minimum absolute atomic E-state index is 0.0675. The van der Waals surface area contributed by atoms with Crippen LogP contribution in [0.4, 0.5) is 0 Å². The highest BCUT2D eigenvalue weighted by Gasteiger charge is 2.21. The summed E-state index contributed by atoms with van der Waals surface area (Å²) < 4.78 is 32.2. The molecule has 5 nitrogen and oxygen atoms in total. The van der Waals surface area contributed by atoms with E-state index < -0.39 is 10.0 Å². The van der Waals surface area contributed by atoms with Crippen LogP contribution in [0.5, 0.6) is 0 Å². The standard InChI is InChI=1S/C14H17ClN2O3S/c15-13-5-4-12(9-16)8-14(13)21(18,19)17-6-1-7-20-10-11-2-3-11/h4-5,8,11,17H,1-3,6-7,10H2. The molecule has 1 fully saturated rings. The first kappa shape index (κ1) is 16.2. The summed E-state index contributed by atoms with van der Waals surface area (Å²) in [5.74, 6) is 0.703. The van der Waals surface area contributed by atoms with Crippen molar-refractivity contribution in [2.24, 2.45) is 5.92 Å². The minimum atomic E-state index is -3.70. The first-order valence-electron chi connectivity index (χ1n) is 6.80. The molecule has 0 bridgehead atoms. The summed E-state index contributed by atoms with van der Waals surface area (Å²) in [7, 11) is -3.70. The van der Waals surface area contributed by atoms with Gasteiger partial charge in [-0.25, -0.2) is 13.1 Å². The molecule has 0 saturated heterocycles. The molecular weight excluding hydrogens is 312 g/mol. The lowest BCUT2D eigenvalue weighted by molar-refractivity contribution is 0.123. The topological polar surface area (TPSA) is 79.2 Å². The molecule has 0 heterocycles. The fourth-order valence-electron chi connectivity index (χ4n) is 1.77. The van der Waals surface area contributed by atoms with E-state index >= 15 is 0 Å². The summed E-state index contributed by atoms with van der Waals surface area (Å²) in [5.41, 5.74) is 0.257. The number of nitriles is 1. The molecule has 0 amide bonds. The van der Waals surface area contributed by atoms with Crippen molar-refractivity contribution in [3.63, 3.8) is 0 Å². The molecule has 1 N–H and O–H groups in total. The van der Waals surface area contributed by atoms with Crippen LogP contribution < -0.4 is 4.72 Å². The SMILES string of the molecule is N#Cc1ccc(Cl)c(S(=O)(=O)NCCCOCC2CC2)c1. The zero-order valence-corrected chi connectivity index (χ0v) is 13.1. The van der Waals surface area contributed by atoms with Crippen molar-refractivity contribution in [1.29, 1.82) is 5.26 Å². The predicted octanol–water partition coefficient (Wildman–Crippen LogP) is 2.31. The van der Waals surface area contributed by atoms with Crippen molar-refractivity contribution in [3.05, 3.63) is 28.8 Å². The van der Waals surface area contributed by atoms with Crippen LogP contribution in [0.1, 0.15) is 24.8 Å². The van der Waals surface area contributed by atoms with Gasteiger partial charge < -0.3 is 4.74 Å². The molecule has 0 radical (unpaired) electrons. The van der Waals surface area contributed by atoms with Crippen molar-refractivity contribution in [2.75, 3.05) is 19.8 Å². The van der Waals surface area contributed by atoms with Gasteiger partial charge in [0.2, 0.25) is 10.0 Å². The van der Waals surface area contributed by atoms with Gasteiger partial charge in [-0.3, -0.25) is 0 Å². The molecule has 1 aromatic carbocycles. The van der Waals surface area contributed by atoms with Crippen LogP contribution in [-0.4, -0.2) is 28.2 Å². The Morgan fingerprint density at radius 2 is 2.19 bits per heavy atom. The molecule has 1 aliphatic carbocycles. The van der Waals surface area contributed by atoms with Gasteiger partial charge in [-0.15, -0.1) is 0 Å². The molecule has 114 valence electrons. The monoisotopic (exact) mass is 328 g/mol. The van der Waals surface area contributed by atoms with Gasteiger partial charge >= 0.3 is 0 Å². The second-order valence-corrected chi connectivity index (χ2v) is 7.17. The maximum absolute atomic E-state index is 12.1. The van der Waals surface area contributed by atoms with E-state index in [2.05, 4.69) is 4.72 Å². The Hall–Kier alpha value is -1.13. The largest absolute Gasteiger partial charge is 0.381 e. The van der Waals surface area contributed by atoms with E-state index in [0.29, 0.717) is 18.9 Å². The van der Waals surface area contributed by atoms with Crippen LogP contribution in [-0.2, 0) is 14.8 Å². The summed E-state index contributed by atoms with van der Waals surface area (Å²) in [5, 5.41) is 8.92. The zero-order chi connectivity index (χ0) is 15.3. The highest BCUT2D eigenvalue weighted by molar-refractivity contribution is 7.89. The number of hydrogen-bond donors (Lipinski definition) is 1. The summed E-state index contributed by atoms with van der Waals surface area (Å²) >= 11 is 5.89. The van der Waals surface area contributed by atoms with Gasteiger partial charge in [-0.1, -0.05) is 11.6 Å². The summed E-state index contributed by atoms with van der Waals surface area (Å²) in [6.07, 6.45) is 3.07. The number of sulfonamides is 1. The molecule has 1 aromatic rings. The predicted molar refractivity (Wildman–Crippen MR) is 79.5 cm³/mol. The number of halogens is 1. The van der Waals surface area contributed by atoms with E-state index in [-0.39, 0.29) is 22.0 Å². The Bertz CT molecular complexity index is 636. The molecule has 0 aromatic heterocycles. The van der Waals surface area contributed by atoms with Crippen LogP contribution in [0.25, 0.3) is 0 Å². The van der Waals surface area contributed by atoms with Crippen molar-refractivity contribution in [3.8, 4) is 6.07 Å². The van der Waals surface area contributed by atoms with Gasteiger partial charge in [0.25, 0.3) is 0 Å². The molecule has 0 spiro atoms. The molecule has 1 aliphatic rings. The maximum atomic E-state index is 12.1.